The van der Waals surface area contributed by atoms with Crippen molar-refractivity contribution in [1.29, 1.82) is 0 Å². The Kier molecular flexibility index (Phi) is 6.17. The Labute approximate surface area is 118 Å². The summed E-state index contributed by atoms with van der Waals surface area (Å²) in [6, 6.07) is 4.43. The zero-order valence-corrected chi connectivity index (χ0v) is 11.9. The van der Waals surface area contributed by atoms with Crippen molar-refractivity contribution in [3.05, 3.63) is 30.1 Å². The van der Waals surface area contributed by atoms with E-state index in [0.717, 1.165) is 12.1 Å². The lowest BCUT2D eigenvalue weighted by Gasteiger charge is -2.22. The Balaban J connectivity index is 1.57. The molecule has 1 aliphatic rings. The number of aromatic nitrogens is 1. The molecule has 0 radical (unpaired) electrons. The lowest BCUT2D eigenvalue weighted by atomic mass is 10.2. The Morgan fingerprint density at radius 1 is 1.53 bits per heavy atom. The van der Waals surface area contributed by atoms with Gasteiger partial charge in [0.25, 0.3) is 0 Å². The topological polar surface area (TPSA) is 54.0 Å². The van der Waals surface area contributed by atoms with Crippen molar-refractivity contribution in [3.63, 3.8) is 0 Å². The van der Waals surface area contributed by atoms with E-state index in [1.165, 1.54) is 24.3 Å². The quantitative estimate of drug-likeness (QED) is 0.830. The van der Waals surface area contributed by atoms with Gasteiger partial charge in [0, 0.05) is 43.7 Å². The number of thioether (sulfide) groups is 1. The van der Waals surface area contributed by atoms with Gasteiger partial charge in [-0.1, -0.05) is 6.07 Å². The summed E-state index contributed by atoms with van der Waals surface area (Å²) in [4.78, 5) is 15.7. The highest BCUT2D eigenvalue weighted by Crippen LogP contribution is 2.16. The maximum atomic E-state index is 11.7. The van der Waals surface area contributed by atoms with Gasteiger partial charge in [0.15, 0.2) is 0 Å². The van der Waals surface area contributed by atoms with Gasteiger partial charge in [-0.2, -0.15) is 11.8 Å². The number of nitrogens with zero attached hydrogens (tertiary/aromatic N) is 1. The number of carbonyl (C=O) groups excluding carboxylic acids is 1. The second-order valence-electron chi connectivity index (χ2n) is 4.76. The average Bonchev–Trinajstić information content (AvgIpc) is 2.47. The normalized spacial score (nSPS) is 19.1. The first kappa shape index (κ1) is 14.3. The Morgan fingerprint density at radius 3 is 3.21 bits per heavy atom. The summed E-state index contributed by atoms with van der Waals surface area (Å²) in [5.74, 6) is 2.56. The Bertz CT molecular complexity index is 380. The molecule has 4 nitrogen and oxygen atoms in total. The van der Waals surface area contributed by atoms with Crippen LogP contribution in [-0.2, 0) is 11.3 Å². The number of pyridine rings is 1. The number of hydrogen-bond donors (Lipinski definition) is 2. The van der Waals surface area contributed by atoms with E-state index in [4.69, 9.17) is 0 Å². The molecule has 5 heteroatoms. The smallest absolute Gasteiger partial charge is 0.221 e. The van der Waals surface area contributed by atoms with Gasteiger partial charge < -0.3 is 10.6 Å². The van der Waals surface area contributed by atoms with E-state index >= 15 is 0 Å². The highest BCUT2D eigenvalue weighted by atomic mass is 32.2. The molecule has 2 rings (SSSR count). The van der Waals surface area contributed by atoms with E-state index in [1.54, 1.807) is 12.4 Å². The highest BCUT2D eigenvalue weighted by molar-refractivity contribution is 7.99. The lowest BCUT2D eigenvalue weighted by molar-refractivity contribution is -0.121. The molecular weight excluding hydrogens is 258 g/mol. The molecule has 0 aliphatic carbocycles. The zero-order chi connectivity index (χ0) is 13.3. The molecule has 0 aromatic carbocycles. The summed E-state index contributed by atoms with van der Waals surface area (Å²) in [5.41, 5.74) is 1.03. The van der Waals surface area contributed by atoms with E-state index in [1.807, 2.05) is 23.9 Å². The number of hydrogen-bond acceptors (Lipinski definition) is 4. The molecule has 1 fully saturated rings. The molecular formula is C14H21N3OS. The minimum absolute atomic E-state index is 0.0971. The molecule has 0 saturated carbocycles. The SMILES string of the molecule is O=C(CCN[C@@H]1CCCSC1)NCc1cccnc1. The average molecular weight is 279 g/mol. The lowest BCUT2D eigenvalue weighted by Crippen LogP contribution is -2.36. The fraction of sp³-hybridized carbons (Fsp3) is 0.571. The summed E-state index contributed by atoms with van der Waals surface area (Å²) < 4.78 is 0. The molecule has 1 atom stereocenters. The van der Waals surface area contributed by atoms with Crippen LogP contribution < -0.4 is 10.6 Å². The summed E-state index contributed by atoms with van der Waals surface area (Å²) in [6.45, 7) is 1.33. The zero-order valence-electron chi connectivity index (χ0n) is 11.1. The maximum Gasteiger partial charge on any atom is 0.221 e. The Hall–Kier alpha value is -1.07. The monoisotopic (exact) mass is 279 g/mol. The third-order valence-electron chi connectivity index (χ3n) is 3.16. The third kappa shape index (κ3) is 5.61. The third-order valence-corrected chi connectivity index (χ3v) is 4.37. The second-order valence-corrected chi connectivity index (χ2v) is 5.91. The second kappa shape index (κ2) is 8.17. The standard InChI is InChI=1S/C14H21N3OS/c18-14(17-10-12-3-1-6-15-9-12)5-7-16-13-4-2-8-19-11-13/h1,3,6,9,13,16H,2,4-5,7-8,10-11H2,(H,17,18)/t13-/m1/s1. The van der Waals surface area contributed by atoms with Crippen molar-refractivity contribution in [3.8, 4) is 0 Å². The van der Waals surface area contributed by atoms with Gasteiger partial charge in [0.1, 0.15) is 0 Å². The summed E-state index contributed by atoms with van der Waals surface area (Å²) >= 11 is 2.00. The molecule has 1 aromatic rings. The van der Waals surface area contributed by atoms with E-state index < -0.39 is 0 Å². The molecule has 1 aliphatic heterocycles. The number of amides is 1. The van der Waals surface area contributed by atoms with Crippen LogP contribution in [0.4, 0.5) is 0 Å². The fourth-order valence-corrected chi connectivity index (χ4v) is 3.19. The fourth-order valence-electron chi connectivity index (χ4n) is 2.08. The molecule has 1 saturated heterocycles. The molecule has 19 heavy (non-hydrogen) atoms. The van der Waals surface area contributed by atoms with Crippen LogP contribution in [0.5, 0.6) is 0 Å². The molecule has 2 heterocycles. The van der Waals surface area contributed by atoms with Crippen LogP contribution in [0.25, 0.3) is 0 Å². The van der Waals surface area contributed by atoms with Gasteiger partial charge in [0.2, 0.25) is 5.91 Å². The maximum absolute atomic E-state index is 11.7. The van der Waals surface area contributed by atoms with Gasteiger partial charge >= 0.3 is 0 Å². The number of nitrogens with one attached hydrogen (secondary N) is 2. The first-order chi connectivity index (χ1) is 9.34. The largest absolute Gasteiger partial charge is 0.352 e. The Morgan fingerprint density at radius 2 is 2.47 bits per heavy atom. The minimum Gasteiger partial charge on any atom is -0.352 e. The predicted octanol–water partition coefficient (Wildman–Crippen LogP) is 1.57. The molecule has 2 N–H and O–H groups in total. The van der Waals surface area contributed by atoms with Crippen molar-refractivity contribution in [1.82, 2.24) is 15.6 Å². The summed E-state index contributed by atoms with van der Waals surface area (Å²) in [5, 5.41) is 6.37. The van der Waals surface area contributed by atoms with Crippen molar-refractivity contribution >= 4 is 17.7 Å². The van der Waals surface area contributed by atoms with Crippen LogP contribution in [0.3, 0.4) is 0 Å². The van der Waals surface area contributed by atoms with Gasteiger partial charge in [-0.3, -0.25) is 9.78 Å². The van der Waals surface area contributed by atoms with Gasteiger partial charge in [0.05, 0.1) is 0 Å². The van der Waals surface area contributed by atoms with Gasteiger partial charge in [-0.15, -0.1) is 0 Å². The molecule has 104 valence electrons. The van der Waals surface area contributed by atoms with E-state index in [2.05, 4.69) is 15.6 Å². The van der Waals surface area contributed by atoms with Crippen molar-refractivity contribution in [2.24, 2.45) is 0 Å². The molecule has 1 aromatic heterocycles. The summed E-state index contributed by atoms with van der Waals surface area (Å²) in [7, 11) is 0. The van der Waals surface area contributed by atoms with Gasteiger partial charge in [-0.25, -0.2) is 0 Å². The van der Waals surface area contributed by atoms with E-state index in [-0.39, 0.29) is 5.91 Å². The van der Waals surface area contributed by atoms with Crippen LogP contribution >= 0.6 is 11.8 Å². The summed E-state index contributed by atoms with van der Waals surface area (Å²) in [6.07, 6.45) is 6.58. The molecule has 0 unspecified atom stereocenters. The predicted molar refractivity (Wildman–Crippen MR) is 79.1 cm³/mol. The molecule has 0 spiro atoms. The first-order valence-corrected chi connectivity index (χ1v) is 7.97. The minimum atomic E-state index is 0.0971. The van der Waals surface area contributed by atoms with E-state index in [9.17, 15) is 4.79 Å². The van der Waals surface area contributed by atoms with Crippen LogP contribution in [0, 0.1) is 0 Å². The van der Waals surface area contributed by atoms with E-state index in [0.29, 0.717) is 19.0 Å². The molecule has 1 amide bonds. The van der Waals surface area contributed by atoms with Gasteiger partial charge in [-0.05, 0) is 30.2 Å². The van der Waals surface area contributed by atoms with Crippen molar-refractivity contribution in [2.75, 3.05) is 18.1 Å². The highest BCUT2D eigenvalue weighted by Gasteiger charge is 2.12. The van der Waals surface area contributed by atoms with Crippen molar-refractivity contribution in [2.45, 2.75) is 31.8 Å². The van der Waals surface area contributed by atoms with Crippen LogP contribution in [0.1, 0.15) is 24.8 Å². The number of carbonyl (C=O) groups is 1. The molecule has 0 bridgehead atoms. The van der Waals surface area contributed by atoms with Crippen LogP contribution in [-0.4, -0.2) is 35.0 Å². The van der Waals surface area contributed by atoms with Crippen LogP contribution in [0.15, 0.2) is 24.5 Å². The first-order valence-electron chi connectivity index (χ1n) is 6.81. The van der Waals surface area contributed by atoms with Crippen molar-refractivity contribution < 1.29 is 4.79 Å². The van der Waals surface area contributed by atoms with Crippen LogP contribution in [0.2, 0.25) is 0 Å². The number of rotatable bonds is 6.